The van der Waals surface area contributed by atoms with Gasteiger partial charge in [-0.1, -0.05) is 24.3 Å². The lowest BCUT2D eigenvalue weighted by atomic mass is 10.2. The van der Waals surface area contributed by atoms with Crippen LogP contribution in [0.25, 0.3) is 0 Å². The van der Waals surface area contributed by atoms with Gasteiger partial charge in [-0.2, -0.15) is 0 Å². The third kappa shape index (κ3) is 4.27. The number of halogens is 1. The molecule has 0 saturated carbocycles. The molecule has 0 saturated heterocycles. The first kappa shape index (κ1) is 18.7. The molecular weight excluding hydrogens is 347 g/mol. The number of rotatable bonds is 6. The van der Waals surface area contributed by atoms with E-state index in [0.29, 0.717) is 11.4 Å². The standard InChI is InChI=1S/C17H19FN2O4S/c1-12(17(21)19-14-9-5-7-11-16(14)24-2)20(25(3,22)23)15-10-6-4-8-13(15)18/h4-12H,1-3H3,(H,19,21)/t12-/m1/s1. The molecular formula is C17H19FN2O4S. The number of ether oxygens (including phenoxy) is 1. The van der Waals surface area contributed by atoms with Crippen LogP contribution < -0.4 is 14.4 Å². The molecule has 134 valence electrons. The van der Waals surface area contributed by atoms with E-state index in [1.807, 2.05) is 0 Å². The minimum Gasteiger partial charge on any atom is -0.495 e. The molecule has 0 bridgehead atoms. The molecule has 0 aromatic heterocycles. The van der Waals surface area contributed by atoms with Gasteiger partial charge in [0.05, 0.1) is 24.7 Å². The number of nitrogens with one attached hydrogen (secondary N) is 1. The van der Waals surface area contributed by atoms with Crippen LogP contribution in [-0.4, -0.2) is 33.7 Å². The SMILES string of the molecule is COc1ccccc1NC(=O)[C@@H](C)N(c1ccccc1F)S(C)(=O)=O. The van der Waals surface area contributed by atoms with E-state index in [-0.39, 0.29) is 5.69 Å². The van der Waals surface area contributed by atoms with Crippen LogP contribution >= 0.6 is 0 Å². The zero-order chi connectivity index (χ0) is 18.6. The summed E-state index contributed by atoms with van der Waals surface area (Å²) in [4.78, 5) is 12.6. The number of anilines is 2. The number of nitrogens with zero attached hydrogens (tertiary/aromatic N) is 1. The fourth-order valence-corrected chi connectivity index (χ4v) is 3.57. The number of carbonyl (C=O) groups is 1. The number of hydrogen-bond donors (Lipinski definition) is 1. The lowest BCUT2D eigenvalue weighted by Gasteiger charge is -2.28. The van der Waals surface area contributed by atoms with Gasteiger partial charge in [0.1, 0.15) is 17.6 Å². The molecule has 1 N–H and O–H groups in total. The molecule has 0 spiro atoms. The summed E-state index contributed by atoms with van der Waals surface area (Å²) in [5.41, 5.74) is 0.205. The van der Waals surface area contributed by atoms with E-state index in [9.17, 15) is 17.6 Å². The minimum absolute atomic E-state index is 0.187. The van der Waals surface area contributed by atoms with E-state index in [1.54, 1.807) is 24.3 Å². The molecule has 0 unspecified atom stereocenters. The molecule has 2 rings (SSSR count). The van der Waals surface area contributed by atoms with Crippen molar-refractivity contribution in [3.05, 3.63) is 54.3 Å². The van der Waals surface area contributed by atoms with Gasteiger partial charge in [-0.3, -0.25) is 9.10 Å². The second kappa shape index (κ2) is 7.52. The summed E-state index contributed by atoms with van der Waals surface area (Å²) in [5.74, 6) is -0.914. The molecule has 0 fully saturated rings. The van der Waals surface area contributed by atoms with Crippen molar-refractivity contribution >= 4 is 27.3 Å². The molecule has 0 aliphatic carbocycles. The smallest absolute Gasteiger partial charge is 0.248 e. The maximum atomic E-state index is 14.1. The maximum absolute atomic E-state index is 14.1. The molecule has 0 aliphatic heterocycles. The third-order valence-corrected chi connectivity index (χ3v) is 4.77. The molecule has 0 radical (unpaired) electrons. The van der Waals surface area contributed by atoms with Crippen LogP contribution in [-0.2, 0) is 14.8 Å². The van der Waals surface area contributed by atoms with E-state index < -0.39 is 27.8 Å². The van der Waals surface area contributed by atoms with Crippen molar-refractivity contribution in [2.45, 2.75) is 13.0 Å². The zero-order valence-corrected chi connectivity index (χ0v) is 14.9. The lowest BCUT2D eigenvalue weighted by molar-refractivity contribution is -0.116. The molecule has 0 aliphatic rings. The number of para-hydroxylation sites is 3. The first-order valence-corrected chi connectivity index (χ1v) is 9.28. The third-order valence-electron chi connectivity index (χ3n) is 3.54. The highest BCUT2D eigenvalue weighted by Gasteiger charge is 2.31. The summed E-state index contributed by atoms with van der Waals surface area (Å²) >= 11 is 0. The highest BCUT2D eigenvalue weighted by Crippen LogP contribution is 2.26. The second-order valence-electron chi connectivity index (χ2n) is 5.38. The Morgan fingerprint density at radius 3 is 2.36 bits per heavy atom. The topological polar surface area (TPSA) is 75.7 Å². The minimum atomic E-state index is -3.89. The van der Waals surface area contributed by atoms with Crippen molar-refractivity contribution in [3.8, 4) is 5.75 Å². The largest absolute Gasteiger partial charge is 0.495 e. The Kier molecular flexibility index (Phi) is 5.63. The monoisotopic (exact) mass is 366 g/mol. The predicted octanol–water partition coefficient (Wildman–Crippen LogP) is 2.63. The molecule has 2 aromatic rings. The summed E-state index contributed by atoms with van der Waals surface area (Å²) in [6.45, 7) is 1.39. The van der Waals surface area contributed by atoms with E-state index >= 15 is 0 Å². The van der Waals surface area contributed by atoms with Crippen LogP contribution in [0.2, 0.25) is 0 Å². The Bertz CT molecular complexity index is 870. The fraction of sp³-hybridized carbons (Fsp3) is 0.235. The van der Waals surface area contributed by atoms with Gasteiger partial charge in [0.15, 0.2) is 0 Å². The van der Waals surface area contributed by atoms with Crippen LogP contribution in [0.3, 0.4) is 0 Å². The summed E-state index contributed by atoms with van der Waals surface area (Å²) in [6.07, 6.45) is 0.923. The highest BCUT2D eigenvalue weighted by atomic mass is 32.2. The van der Waals surface area contributed by atoms with Gasteiger partial charge >= 0.3 is 0 Å². The fourth-order valence-electron chi connectivity index (χ4n) is 2.40. The van der Waals surface area contributed by atoms with E-state index in [1.165, 1.54) is 32.2 Å². The Balaban J connectivity index is 2.36. The molecule has 0 heterocycles. The number of hydrogen-bond acceptors (Lipinski definition) is 4. The Morgan fingerprint density at radius 1 is 1.16 bits per heavy atom. The molecule has 1 atom stereocenters. The van der Waals surface area contributed by atoms with Crippen LogP contribution in [0.5, 0.6) is 5.75 Å². The van der Waals surface area contributed by atoms with Crippen LogP contribution in [0.4, 0.5) is 15.8 Å². The first-order chi connectivity index (χ1) is 11.8. The predicted molar refractivity (Wildman–Crippen MR) is 94.8 cm³/mol. The van der Waals surface area contributed by atoms with Gasteiger partial charge in [0.25, 0.3) is 0 Å². The van der Waals surface area contributed by atoms with Gasteiger partial charge in [-0.15, -0.1) is 0 Å². The number of carbonyl (C=O) groups excluding carboxylic acids is 1. The van der Waals surface area contributed by atoms with Gasteiger partial charge in [0.2, 0.25) is 15.9 Å². The van der Waals surface area contributed by atoms with E-state index in [0.717, 1.165) is 16.6 Å². The van der Waals surface area contributed by atoms with Crippen molar-refractivity contribution in [1.29, 1.82) is 0 Å². The molecule has 2 aromatic carbocycles. The molecule has 8 heteroatoms. The quantitative estimate of drug-likeness (QED) is 0.853. The maximum Gasteiger partial charge on any atom is 0.248 e. The van der Waals surface area contributed by atoms with Crippen molar-refractivity contribution in [1.82, 2.24) is 0 Å². The summed E-state index contributed by atoms with van der Waals surface area (Å²) in [7, 11) is -2.44. The second-order valence-corrected chi connectivity index (χ2v) is 7.24. The van der Waals surface area contributed by atoms with E-state index in [4.69, 9.17) is 4.74 Å². The van der Waals surface area contributed by atoms with Crippen molar-refractivity contribution < 1.29 is 22.3 Å². The van der Waals surface area contributed by atoms with E-state index in [2.05, 4.69) is 5.32 Å². The molecule has 1 amide bonds. The van der Waals surface area contributed by atoms with Gasteiger partial charge < -0.3 is 10.1 Å². The van der Waals surface area contributed by atoms with Crippen molar-refractivity contribution in [3.63, 3.8) is 0 Å². The summed E-state index contributed by atoms with van der Waals surface area (Å²) in [5, 5.41) is 2.61. The zero-order valence-electron chi connectivity index (χ0n) is 14.1. The number of amides is 1. The van der Waals surface area contributed by atoms with Gasteiger partial charge in [-0.05, 0) is 31.2 Å². The van der Waals surface area contributed by atoms with Crippen LogP contribution in [0.1, 0.15) is 6.92 Å². The Labute approximate surface area is 146 Å². The number of sulfonamides is 1. The Hall–Kier alpha value is -2.61. The summed E-state index contributed by atoms with van der Waals surface area (Å²) < 4.78 is 44.3. The van der Waals surface area contributed by atoms with Crippen LogP contribution in [0.15, 0.2) is 48.5 Å². The van der Waals surface area contributed by atoms with Gasteiger partial charge in [0, 0.05) is 0 Å². The van der Waals surface area contributed by atoms with Crippen molar-refractivity contribution in [2.24, 2.45) is 0 Å². The number of methoxy groups -OCH3 is 1. The number of benzene rings is 2. The average Bonchev–Trinajstić information content (AvgIpc) is 2.56. The highest BCUT2D eigenvalue weighted by molar-refractivity contribution is 7.92. The normalized spacial score (nSPS) is 12.3. The molecule has 25 heavy (non-hydrogen) atoms. The first-order valence-electron chi connectivity index (χ1n) is 7.43. The average molecular weight is 366 g/mol. The molecule has 6 nitrogen and oxygen atoms in total. The Morgan fingerprint density at radius 2 is 1.76 bits per heavy atom. The van der Waals surface area contributed by atoms with Crippen molar-refractivity contribution in [2.75, 3.05) is 23.0 Å². The lowest BCUT2D eigenvalue weighted by Crippen LogP contribution is -2.45. The van der Waals surface area contributed by atoms with Crippen LogP contribution in [0, 0.1) is 5.82 Å². The van der Waals surface area contributed by atoms with Gasteiger partial charge in [-0.25, -0.2) is 12.8 Å². The summed E-state index contributed by atoms with van der Waals surface area (Å²) in [6, 6.07) is 10.9.